The first-order valence-electron chi connectivity index (χ1n) is 11.9. The Morgan fingerprint density at radius 3 is 2.00 bits per heavy atom. The molecule has 0 aliphatic carbocycles. The van der Waals surface area contributed by atoms with Crippen LogP contribution in [0.1, 0.15) is 41.5 Å². The monoisotopic (exact) mass is 485 g/mol. The van der Waals surface area contributed by atoms with E-state index >= 15 is 0 Å². The van der Waals surface area contributed by atoms with E-state index in [-0.39, 0.29) is 5.91 Å². The zero-order valence-corrected chi connectivity index (χ0v) is 21.2. The lowest BCUT2D eigenvalue weighted by molar-refractivity contribution is 0.0600. The zero-order valence-electron chi connectivity index (χ0n) is 21.2. The highest BCUT2D eigenvalue weighted by Crippen LogP contribution is 2.39. The van der Waals surface area contributed by atoms with Gasteiger partial charge in [0.15, 0.2) is 11.5 Å². The van der Waals surface area contributed by atoms with Crippen molar-refractivity contribution in [1.29, 1.82) is 0 Å². The van der Waals surface area contributed by atoms with Crippen LogP contribution in [0.25, 0.3) is 0 Å². The number of nitrogens with one attached hydrogen (secondary N) is 1. The van der Waals surface area contributed by atoms with Crippen LogP contribution in [0.15, 0.2) is 30.3 Å². The van der Waals surface area contributed by atoms with E-state index in [0.717, 1.165) is 31.9 Å². The quantitative estimate of drug-likeness (QED) is 0.510. The number of likely N-dealkylation sites (N-methyl/N-ethyl adjacent to an activating group) is 1. The van der Waals surface area contributed by atoms with Crippen LogP contribution in [0.2, 0.25) is 0 Å². The highest BCUT2D eigenvalue weighted by atomic mass is 16.5. The van der Waals surface area contributed by atoms with Gasteiger partial charge in [0, 0.05) is 31.7 Å². The fourth-order valence-corrected chi connectivity index (χ4v) is 3.92. The minimum atomic E-state index is -0.469. The maximum Gasteiger partial charge on any atom is 0.337 e. The molecular weight excluding hydrogens is 450 g/mol. The van der Waals surface area contributed by atoms with E-state index in [4.69, 9.17) is 18.9 Å². The molecule has 1 aliphatic rings. The molecule has 3 rings (SSSR count). The van der Waals surface area contributed by atoms with Crippen LogP contribution in [0.5, 0.6) is 17.2 Å². The van der Waals surface area contributed by atoms with Crippen molar-refractivity contribution in [3.8, 4) is 17.2 Å². The minimum absolute atomic E-state index is 0.354. The lowest BCUT2D eigenvalue weighted by Gasteiger charge is -2.35. The highest BCUT2D eigenvalue weighted by molar-refractivity contribution is 6.07. The van der Waals surface area contributed by atoms with Crippen LogP contribution >= 0.6 is 0 Å². The van der Waals surface area contributed by atoms with Gasteiger partial charge in [-0.2, -0.15) is 0 Å². The molecule has 1 fully saturated rings. The van der Waals surface area contributed by atoms with Crippen LogP contribution in [0.4, 0.5) is 11.4 Å². The standard InChI is InChI=1S/C26H35N3O6/c1-6-33-22-16-19(17-23(34-7-2)24(22)35-8-3)25(30)27-20-15-18(26(31)32-5)9-10-21(20)29-13-11-28(4)12-14-29/h9-10,15-17H,6-8,11-14H2,1-5H3,(H,27,30). The van der Waals surface area contributed by atoms with Crippen LogP contribution in [0.3, 0.4) is 0 Å². The smallest absolute Gasteiger partial charge is 0.337 e. The van der Waals surface area contributed by atoms with Crippen molar-refractivity contribution in [3.63, 3.8) is 0 Å². The van der Waals surface area contributed by atoms with Crippen LogP contribution < -0.4 is 24.4 Å². The number of hydrogen-bond donors (Lipinski definition) is 1. The third-order valence-electron chi connectivity index (χ3n) is 5.68. The third-order valence-corrected chi connectivity index (χ3v) is 5.68. The number of nitrogens with zero attached hydrogens (tertiary/aromatic N) is 2. The van der Waals surface area contributed by atoms with Crippen molar-refractivity contribution in [2.75, 3.05) is 70.4 Å². The molecule has 1 saturated heterocycles. The number of anilines is 2. The van der Waals surface area contributed by atoms with E-state index in [1.165, 1.54) is 7.11 Å². The summed E-state index contributed by atoms with van der Waals surface area (Å²) in [7, 11) is 3.41. The maximum atomic E-state index is 13.4. The molecule has 190 valence electrons. The Morgan fingerprint density at radius 2 is 1.46 bits per heavy atom. The van der Waals surface area contributed by atoms with Crippen LogP contribution in [-0.4, -0.2) is 76.9 Å². The second kappa shape index (κ2) is 12.3. The van der Waals surface area contributed by atoms with Gasteiger partial charge < -0.3 is 34.1 Å². The highest BCUT2D eigenvalue weighted by Gasteiger charge is 2.22. The Labute approximate surface area is 206 Å². The summed E-state index contributed by atoms with van der Waals surface area (Å²) in [5.74, 6) is 0.524. The lowest BCUT2D eigenvalue weighted by atomic mass is 10.1. The van der Waals surface area contributed by atoms with Gasteiger partial charge >= 0.3 is 5.97 Å². The molecule has 0 saturated carbocycles. The van der Waals surface area contributed by atoms with Crippen molar-refractivity contribution in [1.82, 2.24) is 4.90 Å². The number of piperazine rings is 1. The molecule has 0 radical (unpaired) electrons. The van der Waals surface area contributed by atoms with E-state index in [1.54, 1.807) is 24.3 Å². The van der Waals surface area contributed by atoms with Gasteiger partial charge in [-0.3, -0.25) is 4.79 Å². The Balaban J connectivity index is 1.99. The number of benzene rings is 2. The van der Waals surface area contributed by atoms with Crippen LogP contribution in [0, 0.1) is 0 Å². The molecule has 0 atom stereocenters. The van der Waals surface area contributed by atoms with Crippen LogP contribution in [-0.2, 0) is 4.74 Å². The molecule has 1 N–H and O–H groups in total. The summed E-state index contributed by atoms with van der Waals surface area (Å²) in [6.45, 7) is 10.3. The summed E-state index contributed by atoms with van der Waals surface area (Å²) in [6.07, 6.45) is 0. The van der Waals surface area contributed by atoms with E-state index < -0.39 is 5.97 Å². The molecular formula is C26H35N3O6. The average molecular weight is 486 g/mol. The topological polar surface area (TPSA) is 89.6 Å². The lowest BCUT2D eigenvalue weighted by Crippen LogP contribution is -2.44. The Kier molecular flexibility index (Phi) is 9.19. The molecule has 0 unspecified atom stereocenters. The predicted octanol–water partition coefficient (Wildman–Crippen LogP) is 3.67. The number of carbonyl (C=O) groups is 2. The first-order valence-corrected chi connectivity index (χ1v) is 11.9. The zero-order chi connectivity index (χ0) is 25.4. The third kappa shape index (κ3) is 6.36. The van der Waals surface area contributed by atoms with Gasteiger partial charge in [0.2, 0.25) is 5.75 Å². The largest absolute Gasteiger partial charge is 0.490 e. The van der Waals surface area contributed by atoms with E-state index in [2.05, 4.69) is 22.2 Å². The van der Waals surface area contributed by atoms with Gasteiger partial charge in [0.1, 0.15) is 0 Å². The van der Waals surface area contributed by atoms with Crippen molar-refractivity contribution in [2.45, 2.75) is 20.8 Å². The normalized spacial score (nSPS) is 13.8. The second-order valence-electron chi connectivity index (χ2n) is 8.07. The summed E-state index contributed by atoms with van der Waals surface area (Å²) >= 11 is 0. The molecule has 2 aromatic carbocycles. The molecule has 35 heavy (non-hydrogen) atoms. The first-order chi connectivity index (χ1) is 16.9. The molecule has 0 spiro atoms. The molecule has 0 bridgehead atoms. The second-order valence-corrected chi connectivity index (χ2v) is 8.07. The fourth-order valence-electron chi connectivity index (χ4n) is 3.92. The molecule has 2 aromatic rings. The number of ether oxygens (including phenoxy) is 4. The van der Waals surface area contributed by atoms with Crippen molar-refractivity contribution in [3.05, 3.63) is 41.5 Å². The molecule has 1 heterocycles. The molecule has 0 aromatic heterocycles. The molecule has 1 aliphatic heterocycles. The number of rotatable bonds is 10. The van der Waals surface area contributed by atoms with E-state index in [1.807, 2.05) is 26.8 Å². The number of hydrogen-bond acceptors (Lipinski definition) is 8. The number of esters is 1. The predicted molar refractivity (Wildman–Crippen MR) is 135 cm³/mol. The van der Waals surface area contributed by atoms with Crippen molar-refractivity contribution < 1.29 is 28.5 Å². The summed E-state index contributed by atoms with van der Waals surface area (Å²) in [5.41, 5.74) is 2.10. The fraction of sp³-hybridized carbons (Fsp3) is 0.462. The average Bonchev–Trinajstić information content (AvgIpc) is 2.86. The van der Waals surface area contributed by atoms with Gasteiger partial charge in [-0.25, -0.2) is 4.79 Å². The summed E-state index contributed by atoms with van der Waals surface area (Å²) < 4.78 is 22.1. The van der Waals surface area contributed by atoms with E-state index in [0.29, 0.717) is 53.9 Å². The number of methoxy groups -OCH3 is 1. The summed E-state index contributed by atoms with van der Waals surface area (Å²) in [5, 5.41) is 2.99. The van der Waals surface area contributed by atoms with Gasteiger partial charge in [0.05, 0.1) is 43.9 Å². The summed E-state index contributed by atoms with van der Waals surface area (Å²) in [4.78, 5) is 30.1. The van der Waals surface area contributed by atoms with E-state index in [9.17, 15) is 9.59 Å². The molecule has 1 amide bonds. The minimum Gasteiger partial charge on any atom is -0.490 e. The molecule has 9 heteroatoms. The SMILES string of the molecule is CCOc1cc(C(=O)Nc2cc(C(=O)OC)ccc2N2CCN(C)CC2)cc(OCC)c1OCC. The van der Waals surface area contributed by atoms with Crippen molar-refractivity contribution in [2.24, 2.45) is 0 Å². The van der Waals surface area contributed by atoms with Crippen molar-refractivity contribution >= 4 is 23.3 Å². The number of carbonyl (C=O) groups excluding carboxylic acids is 2. The summed E-state index contributed by atoms with van der Waals surface area (Å²) in [6, 6.07) is 8.51. The Hall–Kier alpha value is -3.46. The van der Waals surface area contributed by atoms with Gasteiger partial charge in [-0.05, 0) is 58.2 Å². The van der Waals surface area contributed by atoms with Gasteiger partial charge in [-0.1, -0.05) is 0 Å². The number of amides is 1. The first kappa shape index (κ1) is 26.2. The Morgan fingerprint density at radius 1 is 0.857 bits per heavy atom. The maximum absolute atomic E-state index is 13.4. The van der Waals surface area contributed by atoms with Gasteiger partial charge in [-0.15, -0.1) is 0 Å². The molecule has 9 nitrogen and oxygen atoms in total. The van der Waals surface area contributed by atoms with Gasteiger partial charge in [0.25, 0.3) is 5.91 Å². The Bertz CT molecular complexity index is 1010.